The molecular weight excluding hydrogens is 260 g/mol. The summed E-state index contributed by atoms with van der Waals surface area (Å²) >= 11 is 4.99. The first kappa shape index (κ1) is 15.9. The predicted octanol–water partition coefficient (Wildman–Crippen LogP) is 1.40. The molecule has 0 spiro atoms. The van der Waals surface area contributed by atoms with E-state index in [0.29, 0.717) is 29.9 Å². The van der Waals surface area contributed by atoms with Gasteiger partial charge in [-0.1, -0.05) is 24.4 Å². The highest BCUT2D eigenvalue weighted by Crippen LogP contribution is 2.17. The molecule has 0 bridgehead atoms. The van der Waals surface area contributed by atoms with Crippen LogP contribution in [0.15, 0.2) is 24.3 Å². The van der Waals surface area contributed by atoms with Crippen molar-refractivity contribution in [1.82, 2.24) is 4.90 Å². The van der Waals surface area contributed by atoms with Gasteiger partial charge in [-0.15, -0.1) is 0 Å². The first-order chi connectivity index (χ1) is 9.06. The normalized spacial score (nSPS) is 11.0. The van der Waals surface area contributed by atoms with E-state index in [9.17, 15) is 0 Å². The molecule has 3 N–H and O–H groups in total. The van der Waals surface area contributed by atoms with E-state index in [1.54, 1.807) is 0 Å². The van der Waals surface area contributed by atoms with Gasteiger partial charge in [-0.25, -0.2) is 0 Å². The van der Waals surface area contributed by atoms with Gasteiger partial charge in [0.2, 0.25) is 0 Å². The Morgan fingerprint density at radius 3 is 2.63 bits per heavy atom. The summed E-state index contributed by atoms with van der Waals surface area (Å²) in [7, 11) is 0. The lowest BCUT2D eigenvalue weighted by Gasteiger charge is -2.25. The van der Waals surface area contributed by atoms with Gasteiger partial charge in [-0.2, -0.15) is 0 Å². The average Bonchev–Trinajstić information content (AvgIpc) is 2.38. The third-order valence-electron chi connectivity index (χ3n) is 2.91. The van der Waals surface area contributed by atoms with Crippen LogP contribution in [0.1, 0.15) is 19.4 Å². The van der Waals surface area contributed by atoms with Crippen LogP contribution < -0.4 is 10.5 Å². The average molecular weight is 282 g/mol. The monoisotopic (exact) mass is 282 g/mol. The Hall–Kier alpha value is -1.17. The topological polar surface area (TPSA) is 58.7 Å². The zero-order valence-electron chi connectivity index (χ0n) is 11.5. The minimum atomic E-state index is 0.154. The highest BCUT2D eigenvalue weighted by atomic mass is 32.1. The summed E-state index contributed by atoms with van der Waals surface area (Å²) in [4.78, 5) is 2.50. The summed E-state index contributed by atoms with van der Waals surface area (Å²) < 4.78 is 5.73. The lowest BCUT2D eigenvalue weighted by Crippen LogP contribution is -2.36. The van der Waals surface area contributed by atoms with Gasteiger partial charge in [0.25, 0.3) is 0 Å². The molecule has 1 aromatic carbocycles. The molecule has 0 aliphatic rings. The van der Waals surface area contributed by atoms with E-state index >= 15 is 0 Å². The summed E-state index contributed by atoms with van der Waals surface area (Å²) in [5.74, 6) is 0.711. The number of thiocarbonyl (C=S) groups is 1. The van der Waals surface area contributed by atoms with Gasteiger partial charge in [0.05, 0.1) is 12.2 Å². The van der Waals surface area contributed by atoms with E-state index in [2.05, 4.69) is 18.7 Å². The third-order valence-corrected chi connectivity index (χ3v) is 3.13. The molecule has 1 aromatic rings. The van der Waals surface area contributed by atoms with Crippen molar-refractivity contribution < 1.29 is 9.84 Å². The van der Waals surface area contributed by atoms with E-state index in [1.165, 1.54) is 0 Å². The SMILES string of the molecule is CC(C)N(CCO)CCOc1ccccc1C(N)=S. The largest absolute Gasteiger partial charge is 0.492 e. The standard InChI is InChI=1S/C14H22N2O2S/c1-11(2)16(7-9-17)8-10-18-13-6-4-3-5-12(13)14(15)19/h3-6,11,17H,7-10H2,1-2H3,(H2,15,19). The molecule has 106 valence electrons. The summed E-state index contributed by atoms with van der Waals surface area (Å²) in [6.07, 6.45) is 0. The first-order valence-electron chi connectivity index (χ1n) is 6.42. The van der Waals surface area contributed by atoms with Crippen molar-refractivity contribution in [3.05, 3.63) is 29.8 Å². The van der Waals surface area contributed by atoms with E-state index in [4.69, 9.17) is 27.8 Å². The molecule has 0 fully saturated rings. The Bertz CT molecular complexity index is 410. The molecule has 0 heterocycles. The molecule has 5 heteroatoms. The van der Waals surface area contributed by atoms with Crippen LogP contribution in [0.3, 0.4) is 0 Å². The number of hydrogen-bond donors (Lipinski definition) is 2. The number of aliphatic hydroxyl groups is 1. The molecule has 0 unspecified atom stereocenters. The predicted molar refractivity (Wildman–Crippen MR) is 81.6 cm³/mol. The molecule has 19 heavy (non-hydrogen) atoms. The quantitative estimate of drug-likeness (QED) is 0.706. The number of nitrogens with zero attached hydrogens (tertiary/aromatic N) is 1. The van der Waals surface area contributed by atoms with Crippen LogP contribution in [0, 0.1) is 0 Å². The maximum absolute atomic E-state index is 9.00. The molecule has 0 atom stereocenters. The van der Waals surface area contributed by atoms with Gasteiger partial charge in [-0.05, 0) is 26.0 Å². The second kappa shape index (κ2) is 8.09. The maximum atomic E-state index is 9.00. The Morgan fingerprint density at radius 2 is 2.05 bits per heavy atom. The molecule has 0 aliphatic heterocycles. The van der Waals surface area contributed by atoms with Crippen molar-refractivity contribution >= 4 is 17.2 Å². The Balaban J connectivity index is 2.55. The van der Waals surface area contributed by atoms with Crippen LogP contribution in [0.4, 0.5) is 0 Å². The van der Waals surface area contributed by atoms with Crippen LogP contribution >= 0.6 is 12.2 Å². The molecule has 0 aliphatic carbocycles. The molecular formula is C14H22N2O2S. The van der Waals surface area contributed by atoms with Crippen LogP contribution in [-0.4, -0.2) is 47.3 Å². The molecule has 0 saturated carbocycles. The molecule has 0 aromatic heterocycles. The summed E-state index contributed by atoms with van der Waals surface area (Å²) in [6.45, 7) is 6.29. The van der Waals surface area contributed by atoms with Gasteiger partial charge in [0, 0.05) is 19.1 Å². The van der Waals surface area contributed by atoms with Gasteiger partial charge in [-0.3, -0.25) is 4.90 Å². The van der Waals surface area contributed by atoms with Gasteiger partial charge >= 0.3 is 0 Å². The first-order valence-corrected chi connectivity index (χ1v) is 6.83. The van der Waals surface area contributed by atoms with Crippen molar-refractivity contribution in [2.24, 2.45) is 5.73 Å². The molecule has 0 saturated heterocycles. The number of benzene rings is 1. The number of ether oxygens (including phenoxy) is 1. The smallest absolute Gasteiger partial charge is 0.129 e. The Morgan fingerprint density at radius 1 is 1.37 bits per heavy atom. The van der Waals surface area contributed by atoms with Gasteiger partial charge in [0.1, 0.15) is 17.3 Å². The fourth-order valence-electron chi connectivity index (χ4n) is 1.83. The summed E-state index contributed by atoms with van der Waals surface area (Å²) in [6, 6.07) is 7.87. The Kier molecular flexibility index (Phi) is 6.77. The number of hydrogen-bond acceptors (Lipinski definition) is 4. The van der Waals surface area contributed by atoms with Crippen molar-refractivity contribution in [2.75, 3.05) is 26.3 Å². The van der Waals surface area contributed by atoms with Gasteiger partial charge in [0.15, 0.2) is 0 Å². The fourth-order valence-corrected chi connectivity index (χ4v) is 1.99. The van der Waals surface area contributed by atoms with Crippen LogP contribution in [0.25, 0.3) is 0 Å². The molecule has 4 nitrogen and oxygen atoms in total. The highest BCUT2D eigenvalue weighted by Gasteiger charge is 2.10. The second-order valence-electron chi connectivity index (χ2n) is 4.56. The lowest BCUT2D eigenvalue weighted by atomic mass is 10.2. The summed E-state index contributed by atoms with van der Waals surface area (Å²) in [5, 5.41) is 9.00. The third kappa shape index (κ3) is 5.14. The van der Waals surface area contributed by atoms with Crippen molar-refractivity contribution in [2.45, 2.75) is 19.9 Å². The number of rotatable bonds is 8. The van der Waals surface area contributed by atoms with E-state index < -0.39 is 0 Å². The minimum absolute atomic E-state index is 0.154. The van der Waals surface area contributed by atoms with Crippen molar-refractivity contribution in [3.63, 3.8) is 0 Å². The van der Waals surface area contributed by atoms with Crippen molar-refractivity contribution in [3.8, 4) is 5.75 Å². The number of aliphatic hydroxyl groups excluding tert-OH is 1. The second-order valence-corrected chi connectivity index (χ2v) is 5.00. The van der Waals surface area contributed by atoms with E-state index in [0.717, 1.165) is 12.1 Å². The number of nitrogens with two attached hydrogens (primary N) is 1. The fraction of sp³-hybridized carbons (Fsp3) is 0.500. The zero-order chi connectivity index (χ0) is 14.3. The van der Waals surface area contributed by atoms with Gasteiger partial charge < -0.3 is 15.6 Å². The summed E-state index contributed by atoms with van der Waals surface area (Å²) in [5.41, 5.74) is 6.41. The van der Waals surface area contributed by atoms with Crippen molar-refractivity contribution in [1.29, 1.82) is 0 Å². The van der Waals surface area contributed by atoms with Crippen LogP contribution in [-0.2, 0) is 0 Å². The maximum Gasteiger partial charge on any atom is 0.129 e. The zero-order valence-corrected chi connectivity index (χ0v) is 12.3. The van der Waals surface area contributed by atoms with E-state index in [-0.39, 0.29) is 6.61 Å². The molecule has 1 rings (SSSR count). The molecule has 0 radical (unpaired) electrons. The molecule has 0 amide bonds. The van der Waals surface area contributed by atoms with Crippen LogP contribution in [0.2, 0.25) is 0 Å². The van der Waals surface area contributed by atoms with Crippen LogP contribution in [0.5, 0.6) is 5.75 Å². The lowest BCUT2D eigenvalue weighted by molar-refractivity contribution is 0.141. The highest BCUT2D eigenvalue weighted by molar-refractivity contribution is 7.80. The van der Waals surface area contributed by atoms with E-state index in [1.807, 2.05) is 24.3 Å². The number of para-hydroxylation sites is 1. The minimum Gasteiger partial charge on any atom is -0.492 e. The Labute approximate surface area is 120 Å².